The van der Waals surface area contributed by atoms with Crippen molar-refractivity contribution in [3.05, 3.63) is 29.3 Å². The second-order valence-electron chi connectivity index (χ2n) is 2.49. The molecule has 1 aromatic rings. The minimum atomic E-state index is -3.68. The van der Waals surface area contributed by atoms with Gasteiger partial charge in [-0.1, -0.05) is 25.4 Å². The van der Waals surface area contributed by atoms with Crippen LogP contribution < -0.4 is 9.44 Å². The Labute approximate surface area is 95.8 Å². The number of hydrogen-bond donors (Lipinski definition) is 1. The van der Waals surface area contributed by atoms with Gasteiger partial charge in [0.15, 0.2) is 0 Å². The van der Waals surface area contributed by atoms with E-state index in [1.807, 2.05) is 13.8 Å². The standard InChI is InChI=1S/C7H9ClN2O2S.C2H6/c1-10(13(9,11)12)7-4-2-6(8)3-5-7;1-2/h2-5H,1H3,(H2,9,11,12);1-2H3. The van der Waals surface area contributed by atoms with Crippen LogP contribution >= 0.6 is 11.6 Å². The molecule has 0 radical (unpaired) electrons. The third kappa shape index (κ3) is 4.51. The summed E-state index contributed by atoms with van der Waals surface area (Å²) in [6.45, 7) is 4.00. The number of anilines is 1. The number of hydrogen-bond acceptors (Lipinski definition) is 2. The van der Waals surface area contributed by atoms with Crippen LogP contribution in [0.15, 0.2) is 24.3 Å². The fourth-order valence-corrected chi connectivity index (χ4v) is 1.34. The molecule has 0 saturated heterocycles. The molecule has 1 rings (SSSR count). The molecule has 15 heavy (non-hydrogen) atoms. The second-order valence-corrected chi connectivity index (χ2v) is 4.50. The third-order valence-electron chi connectivity index (χ3n) is 1.57. The van der Waals surface area contributed by atoms with Gasteiger partial charge in [-0.25, -0.2) is 5.14 Å². The highest BCUT2D eigenvalue weighted by Gasteiger charge is 2.11. The molecule has 6 heteroatoms. The smallest absolute Gasteiger partial charge is 0.261 e. The van der Waals surface area contributed by atoms with E-state index < -0.39 is 10.2 Å². The molecule has 0 aliphatic carbocycles. The SMILES string of the molecule is CC.CN(c1ccc(Cl)cc1)S(N)(=O)=O. The van der Waals surface area contributed by atoms with Crippen LogP contribution in [0.4, 0.5) is 5.69 Å². The maximum absolute atomic E-state index is 10.9. The minimum absolute atomic E-state index is 0.479. The highest BCUT2D eigenvalue weighted by atomic mass is 35.5. The van der Waals surface area contributed by atoms with Crippen LogP contribution in [-0.4, -0.2) is 15.5 Å². The van der Waals surface area contributed by atoms with Gasteiger partial charge in [0.2, 0.25) is 0 Å². The zero-order valence-electron chi connectivity index (χ0n) is 8.94. The Morgan fingerprint density at radius 2 is 1.60 bits per heavy atom. The summed E-state index contributed by atoms with van der Waals surface area (Å²) in [6.07, 6.45) is 0. The van der Waals surface area contributed by atoms with Crippen molar-refractivity contribution in [1.82, 2.24) is 0 Å². The van der Waals surface area contributed by atoms with Crippen molar-refractivity contribution >= 4 is 27.5 Å². The predicted molar refractivity (Wildman–Crippen MR) is 64.3 cm³/mol. The maximum atomic E-state index is 10.9. The van der Waals surface area contributed by atoms with Crippen molar-refractivity contribution in [1.29, 1.82) is 0 Å². The highest BCUT2D eigenvalue weighted by molar-refractivity contribution is 7.90. The largest absolute Gasteiger partial charge is 0.298 e. The number of nitrogens with two attached hydrogens (primary N) is 1. The van der Waals surface area contributed by atoms with Gasteiger partial charge in [-0.2, -0.15) is 8.42 Å². The Balaban J connectivity index is 0.000000921. The lowest BCUT2D eigenvalue weighted by atomic mass is 10.3. The number of halogens is 1. The average Bonchev–Trinajstić information content (AvgIpc) is 2.20. The lowest BCUT2D eigenvalue weighted by Gasteiger charge is -2.15. The Morgan fingerprint density at radius 3 is 1.93 bits per heavy atom. The number of rotatable bonds is 2. The van der Waals surface area contributed by atoms with Crippen molar-refractivity contribution in [2.45, 2.75) is 13.8 Å². The van der Waals surface area contributed by atoms with E-state index in [1.165, 1.54) is 7.05 Å². The molecule has 0 aliphatic rings. The van der Waals surface area contributed by atoms with Gasteiger partial charge in [0, 0.05) is 12.1 Å². The van der Waals surface area contributed by atoms with Gasteiger partial charge in [0.25, 0.3) is 10.2 Å². The van der Waals surface area contributed by atoms with Gasteiger partial charge in [-0.3, -0.25) is 4.31 Å². The van der Waals surface area contributed by atoms with E-state index in [0.717, 1.165) is 4.31 Å². The second kappa shape index (κ2) is 5.95. The van der Waals surface area contributed by atoms with Crippen LogP contribution in [-0.2, 0) is 10.2 Å². The molecule has 0 atom stereocenters. The zero-order valence-corrected chi connectivity index (χ0v) is 10.5. The van der Waals surface area contributed by atoms with Gasteiger partial charge < -0.3 is 0 Å². The average molecular weight is 251 g/mol. The van der Waals surface area contributed by atoms with Crippen molar-refractivity contribution < 1.29 is 8.42 Å². The van der Waals surface area contributed by atoms with Crippen LogP contribution in [0, 0.1) is 0 Å². The molecular weight excluding hydrogens is 236 g/mol. The van der Waals surface area contributed by atoms with Gasteiger partial charge in [0.05, 0.1) is 5.69 Å². The Kier molecular flexibility index (Phi) is 5.64. The fraction of sp³-hybridized carbons (Fsp3) is 0.333. The first-order chi connectivity index (χ1) is 6.91. The first-order valence-corrected chi connectivity index (χ1v) is 6.31. The lowest BCUT2D eigenvalue weighted by Crippen LogP contribution is -2.32. The Bertz CT molecular complexity index is 389. The van der Waals surface area contributed by atoms with Crippen LogP contribution in [0.3, 0.4) is 0 Å². The van der Waals surface area contributed by atoms with E-state index in [9.17, 15) is 8.42 Å². The fourth-order valence-electron chi connectivity index (χ4n) is 0.798. The van der Waals surface area contributed by atoms with Gasteiger partial charge in [-0.05, 0) is 24.3 Å². The number of nitrogens with zero attached hydrogens (tertiary/aromatic N) is 1. The summed E-state index contributed by atoms with van der Waals surface area (Å²) < 4.78 is 22.8. The molecule has 1 aromatic carbocycles. The normalized spacial score (nSPS) is 10.2. The molecule has 0 amide bonds. The van der Waals surface area contributed by atoms with E-state index >= 15 is 0 Å². The summed E-state index contributed by atoms with van der Waals surface area (Å²) in [5.74, 6) is 0. The summed E-state index contributed by atoms with van der Waals surface area (Å²) in [5, 5.41) is 5.46. The van der Waals surface area contributed by atoms with Gasteiger partial charge in [-0.15, -0.1) is 0 Å². The van der Waals surface area contributed by atoms with Crippen molar-refractivity contribution in [3.8, 4) is 0 Å². The molecule has 0 fully saturated rings. The Hall–Kier alpha value is -0.780. The van der Waals surface area contributed by atoms with Gasteiger partial charge in [0.1, 0.15) is 0 Å². The molecule has 0 unspecified atom stereocenters. The highest BCUT2D eigenvalue weighted by Crippen LogP contribution is 2.17. The molecule has 2 N–H and O–H groups in total. The van der Waals surface area contributed by atoms with Crippen LogP contribution in [0.1, 0.15) is 13.8 Å². The Morgan fingerprint density at radius 1 is 1.20 bits per heavy atom. The van der Waals surface area contributed by atoms with Crippen molar-refractivity contribution in [2.24, 2.45) is 5.14 Å². The zero-order chi connectivity index (χ0) is 12.1. The maximum Gasteiger partial charge on any atom is 0.298 e. The van der Waals surface area contributed by atoms with Crippen molar-refractivity contribution in [3.63, 3.8) is 0 Å². The summed E-state index contributed by atoms with van der Waals surface area (Å²) in [5.41, 5.74) is 0.479. The predicted octanol–water partition coefficient (Wildman–Crippen LogP) is 2.01. The summed E-state index contributed by atoms with van der Waals surface area (Å²) >= 11 is 5.63. The molecule has 0 spiro atoms. The summed E-state index contributed by atoms with van der Waals surface area (Å²) in [6, 6.07) is 6.34. The van der Waals surface area contributed by atoms with E-state index in [2.05, 4.69) is 0 Å². The molecule has 4 nitrogen and oxygen atoms in total. The summed E-state index contributed by atoms with van der Waals surface area (Å²) in [7, 11) is -2.30. The molecular formula is C9H15ClN2O2S. The lowest BCUT2D eigenvalue weighted by molar-refractivity contribution is 0.596. The molecule has 0 bridgehead atoms. The molecule has 0 aromatic heterocycles. The molecule has 86 valence electrons. The molecule has 0 aliphatic heterocycles. The quantitative estimate of drug-likeness (QED) is 0.873. The minimum Gasteiger partial charge on any atom is -0.261 e. The third-order valence-corrected chi connectivity index (χ3v) is 2.80. The van der Waals surface area contributed by atoms with E-state index in [1.54, 1.807) is 24.3 Å². The summed E-state index contributed by atoms with van der Waals surface area (Å²) in [4.78, 5) is 0. The van der Waals surface area contributed by atoms with E-state index in [0.29, 0.717) is 10.7 Å². The molecule has 0 heterocycles. The van der Waals surface area contributed by atoms with Crippen LogP contribution in [0.2, 0.25) is 5.02 Å². The van der Waals surface area contributed by atoms with Crippen LogP contribution in [0.25, 0.3) is 0 Å². The first-order valence-electron chi connectivity index (χ1n) is 4.43. The van der Waals surface area contributed by atoms with Gasteiger partial charge >= 0.3 is 0 Å². The van der Waals surface area contributed by atoms with Crippen LogP contribution in [0.5, 0.6) is 0 Å². The van der Waals surface area contributed by atoms with Crippen molar-refractivity contribution in [2.75, 3.05) is 11.4 Å². The van der Waals surface area contributed by atoms with E-state index in [4.69, 9.17) is 16.7 Å². The topological polar surface area (TPSA) is 63.4 Å². The first kappa shape index (κ1) is 14.2. The monoisotopic (exact) mass is 250 g/mol. The number of benzene rings is 1. The molecule has 0 saturated carbocycles. The van der Waals surface area contributed by atoms with E-state index in [-0.39, 0.29) is 0 Å².